The maximum Gasteiger partial charge on any atom is 0.432 e. The molecule has 4 aromatic carbocycles. The first-order chi connectivity index (χ1) is 22.6. The van der Waals surface area contributed by atoms with Gasteiger partial charge in [-0.05, 0) is 60.0 Å². The van der Waals surface area contributed by atoms with Crippen molar-refractivity contribution in [2.24, 2.45) is 5.41 Å². The van der Waals surface area contributed by atoms with Gasteiger partial charge >= 0.3 is 12.1 Å². The van der Waals surface area contributed by atoms with Crippen LogP contribution in [-0.4, -0.2) is 18.3 Å². The lowest BCUT2D eigenvalue weighted by Gasteiger charge is -2.42. The second-order valence-corrected chi connectivity index (χ2v) is 12.0. The van der Waals surface area contributed by atoms with E-state index in [4.69, 9.17) is 9.47 Å². The number of hydrogen-bond donors (Lipinski definition) is 1. The highest BCUT2D eigenvalue weighted by Gasteiger charge is 2.46. The monoisotopic (exact) mass is 684 g/mol. The molecule has 0 radical (unpaired) electrons. The number of aliphatic hydroxyl groups is 1. The molecule has 256 valence electrons. The van der Waals surface area contributed by atoms with E-state index in [2.05, 4.69) is 4.74 Å². The Bertz CT molecular complexity index is 1770. The standard InChI is InChI=1S/C35H29F9O4/c1-3-4-5-10-33(2)17-46-35(45,47-18-33)21-14-27(38)31(28(39)15-21)34(43,44)48-22-7-9-23(26(37)16-22)19-6-8-24(25(36)11-19)20-12-29(40)32(42)30(41)13-20/h6-9,11-16,45H,3-5,10,17-18H2,1-2H3. The van der Waals surface area contributed by atoms with Gasteiger partial charge in [-0.2, -0.15) is 8.78 Å². The van der Waals surface area contributed by atoms with Crippen LogP contribution in [0.2, 0.25) is 0 Å². The Morgan fingerprint density at radius 2 is 1.25 bits per heavy atom. The van der Waals surface area contributed by atoms with Gasteiger partial charge in [-0.15, -0.1) is 0 Å². The maximum atomic E-state index is 15.1. The Morgan fingerprint density at radius 1 is 0.708 bits per heavy atom. The second-order valence-electron chi connectivity index (χ2n) is 12.0. The van der Waals surface area contributed by atoms with E-state index < -0.39 is 75.1 Å². The molecule has 1 fully saturated rings. The van der Waals surface area contributed by atoms with Gasteiger partial charge in [0.2, 0.25) is 0 Å². The topological polar surface area (TPSA) is 47.9 Å². The second kappa shape index (κ2) is 13.4. The highest BCUT2D eigenvalue weighted by Crippen LogP contribution is 2.42. The highest BCUT2D eigenvalue weighted by atomic mass is 19.3. The van der Waals surface area contributed by atoms with Crippen molar-refractivity contribution in [3.05, 3.63) is 113 Å². The number of benzene rings is 4. The van der Waals surface area contributed by atoms with Gasteiger partial charge in [0.1, 0.15) is 34.6 Å². The van der Waals surface area contributed by atoms with Crippen molar-refractivity contribution in [1.29, 1.82) is 0 Å². The molecule has 4 aromatic rings. The zero-order chi connectivity index (χ0) is 35.0. The maximum absolute atomic E-state index is 15.1. The number of unbranched alkanes of at least 4 members (excludes halogenated alkanes) is 2. The molecule has 0 bridgehead atoms. The Labute approximate surface area is 269 Å². The number of alkyl halides is 2. The fourth-order valence-corrected chi connectivity index (χ4v) is 5.39. The van der Waals surface area contributed by atoms with Gasteiger partial charge in [-0.25, -0.2) is 30.7 Å². The van der Waals surface area contributed by atoms with E-state index in [1.165, 1.54) is 0 Å². The highest BCUT2D eigenvalue weighted by molar-refractivity contribution is 5.72. The van der Waals surface area contributed by atoms with Gasteiger partial charge in [0.15, 0.2) is 17.5 Å². The van der Waals surface area contributed by atoms with Gasteiger partial charge in [-0.3, -0.25) is 0 Å². The predicted molar refractivity (Wildman–Crippen MR) is 156 cm³/mol. The lowest BCUT2D eigenvalue weighted by Crippen LogP contribution is -2.47. The van der Waals surface area contributed by atoms with Crippen LogP contribution in [0.1, 0.15) is 50.7 Å². The summed E-state index contributed by atoms with van der Waals surface area (Å²) in [5.74, 6) is -14.1. The van der Waals surface area contributed by atoms with Crippen LogP contribution in [0, 0.1) is 46.1 Å². The summed E-state index contributed by atoms with van der Waals surface area (Å²) in [7, 11) is 0. The zero-order valence-corrected chi connectivity index (χ0v) is 25.6. The minimum Gasteiger partial charge on any atom is -0.429 e. The number of hydrogen-bond acceptors (Lipinski definition) is 4. The Balaban J connectivity index is 1.33. The van der Waals surface area contributed by atoms with Crippen LogP contribution >= 0.6 is 0 Å². The van der Waals surface area contributed by atoms with Crippen molar-refractivity contribution in [2.75, 3.05) is 13.2 Å². The van der Waals surface area contributed by atoms with Crippen LogP contribution < -0.4 is 4.74 Å². The molecule has 4 nitrogen and oxygen atoms in total. The van der Waals surface area contributed by atoms with E-state index in [9.17, 15) is 22.7 Å². The normalized spacial score (nSPS) is 19.8. The molecule has 48 heavy (non-hydrogen) atoms. The average Bonchev–Trinajstić information content (AvgIpc) is 3.01. The third kappa shape index (κ3) is 7.18. The first-order valence-electron chi connectivity index (χ1n) is 14.9. The summed E-state index contributed by atoms with van der Waals surface area (Å²) < 4.78 is 146. The molecule has 13 heteroatoms. The van der Waals surface area contributed by atoms with Crippen LogP contribution in [0.4, 0.5) is 39.5 Å². The number of ether oxygens (including phenoxy) is 3. The first-order valence-corrected chi connectivity index (χ1v) is 14.9. The van der Waals surface area contributed by atoms with Crippen molar-refractivity contribution in [2.45, 2.75) is 51.6 Å². The van der Waals surface area contributed by atoms with Crippen LogP contribution in [0.25, 0.3) is 22.3 Å². The SMILES string of the molecule is CCCCCC1(C)COC(O)(c2cc(F)c(C(F)(F)Oc3ccc(-c4ccc(-c5cc(F)c(F)c(F)c5)c(F)c4)c(F)c3)c(F)c2)OC1. The fraction of sp³-hybridized carbons (Fsp3) is 0.314. The summed E-state index contributed by atoms with van der Waals surface area (Å²) in [5.41, 5.74) is -4.00. The molecule has 0 unspecified atom stereocenters. The Morgan fingerprint density at radius 3 is 1.81 bits per heavy atom. The molecular weight excluding hydrogens is 655 g/mol. The van der Waals surface area contributed by atoms with Gasteiger partial charge in [0.05, 0.1) is 13.2 Å². The lowest BCUT2D eigenvalue weighted by molar-refractivity contribution is -0.415. The first kappa shape index (κ1) is 35.2. The molecular formula is C35H29F9O4. The van der Waals surface area contributed by atoms with Gasteiger partial charge in [0, 0.05) is 28.2 Å². The third-order valence-corrected chi connectivity index (χ3v) is 8.08. The van der Waals surface area contributed by atoms with Gasteiger partial charge in [-0.1, -0.05) is 45.2 Å². The van der Waals surface area contributed by atoms with Crippen molar-refractivity contribution in [1.82, 2.24) is 0 Å². The van der Waals surface area contributed by atoms with Crippen molar-refractivity contribution in [3.8, 4) is 28.0 Å². The molecule has 0 saturated carbocycles. The predicted octanol–water partition coefficient (Wildman–Crippen LogP) is 9.86. The summed E-state index contributed by atoms with van der Waals surface area (Å²) in [6.07, 6.45) is -1.16. The Hall–Kier alpha value is -4.07. The molecule has 0 aromatic heterocycles. The van der Waals surface area contributed by atoms with E-state index in [0.717, 1.165) is 49.6 Å². The molecule has 0 amide bonds. The summed E-state index contributed by atoms with van der Waals surface area (Å²) >= 11 is 0. The van der Waals surface area contributed by atoms with Gasteiger partial charge < -0.3 is 19.3 Å². The smallest absolute Gasteiger partial charge is 0.429 e. The summed E-state index contributed by atoms with van der Waals surface area (Å²) in [4.78, 5) is 0. The van der Waals surface area contributed by atoms with E-state index in [1.807, 2.05) is 13.8 Å². The quantitative estimate of drug-likeness (QED) is 0.103. The van der Waals surface area contributed by atoms with Crippen molar-refractivity contribution in [3.63, 3.8) is 0 Å². The van der Waals surface area contributed by atoms with Crippen molar-refractivity contribution >= 4 is 0 Å². The molecule has 1 N–H and O–H groups in total. The summed E-state index contributed by atoms with van der Waals surface area (Å²) in [6, 6.07) is 7.27. The molecule has 0 aliphatic carbocycles. The molecule has 1 heterocycles. The minimum absolute atomic E-state index is 0.0238. The molecule has 5 rings (SSSR count). The van der Waals surface area contributed by atoms with Crippen LogP contribution in [-0.2, 0) is 21.6 Å². The fourth-order valence-electron chi connectivity index (χ4n) is 5.39. The minimum atomic E-state index is -4.68. The largest absolute Gasteiger partial charge is 0.432 e. The molecule has 1 aliphatic rings. The zero-order valence-electron chi connectivity index (χ0n) is 25.6. The van der Waals surface area contributed by atoms with Gasteiger partial charge in [0.25, 0.3) is 0 Å². The lowest BCUT2D eigenvalue weighted by atomic mass is 9.85. The number of halogens is 9. The molecule has 1 aliphatic heterocycles. The van der Waals surface area contributed by atoms with E-state index in [0.29, 0.717) is 36.8 Å². The average molecular weight is 685 g/mol. The summed E-state index contributed by atoms with van der Waals surface area (Å²) in [5, 5.41) is 10.8. The molecule has 0 spiro atoms. The van der Waals surface area contributed by atoms with E-state index >= 15 is 22.0 Å². The third-order valence-electron chi connectivity index (χ3n) is 8.08. The molecule has 1 saturated heterocycles. The van der Waals surface area contributed by atoms with E-state index in [1.54, 1.807) is 0 Å². The van der Waals surface area contributed by atoms with E-state index in [-0.39, 0.29) is 35.5 Å². The number of rotatable bonds is 10. The Kier molecular flexibility index (Phi) is 9.87. The van der Waals surface area contributed by atoms with Crippen molar-refractivity contribution < 1.29 is 58.8 Å². The van der Waals surface area contributed by atoms with Crippen LogP contribution in [0.15, 0.2) is 60.7 Å². The summed E-state index contributed by atoms with van der Waals surface area (Å²) in [6.45, 7) is 3.84. The van der Waals surface area contributed by atoms with Crippen LogP contribution in [0.5, 0.6) is 5.75 Å². The van der Waals surface area contributed by atoms with Crippen LogP contribution in [0.3, 0.4) is 0 Å². The molecule has 0 atom stereocenters.